The van der Waals surface area contributed by atoms with Gasteiger partial charge in [0.05, 0.1) is 5.92 Å². The third-order valence-corrected chi connectivity index (χ3v) is 7.54. The molecule has 2 heterocycles. The zero-order valence-electron chi connectivity index (χ0n) is 22.8. The van der Waals surface area contributed by atoms with Crippen LogP contribution in [0, 0.1) is 17.6 Å². The summed E-state index contributed by atoms with van der Waals surface area (Å²) in [6, 6.07) is 12.2. The first-order valence-corrected chi connectivity index (χ1v) is 13.6. The average Bonchev–Trinajstić information content (AvgIpc) is 3.35. The van der Waals surface area contributed by atoms with Crippen LogP contribution in [-0.4, -0.2) is 39.7 Å². The zero-order chi connectivity index (χ0) is 27.6. The van der Waals surface area contributed by atoms with Crippen molar-refractivity contribution in [1.29, 1.82) is 0 Å². The fourth-order valence-electron chi connectivity index (χ4n) is 5.44. The Morgan fingerprint density at radius 2 is 1.79 bits per heavy atom. The van der Waals surface area contributed by atoms with Crippen molar-refractivity contribution in [2.45, 2.75) is 70.4 Å². The van der Waals surface area contributed by atoms with Gasteiger partial charge in [-0.25, -0.2) is 8.78 Å². The number of rotatable bonds is 7. The van der Waals surface area contributed by atoms with Crippen LogP contribution in [0.4, 0.5) is 8.78 Å². The fourth-order valence-corrected chi connectivity index (χ4v) is 5.44. The van der Waals surface area contributed by atoms with Gasteiger partial charge in [-0.1, -0.05) is 60.8 Å². The van der Waals surface area contributed by atoms with Gasteiger partial charge in [-0.3, -0.25) is 9.69 Å². The highest BCUT2D eigenvalue weighted by Gasteiger charge is 2.35. The summed E-state index contributed by atoms with van der Waals surface area (Å²) in [4.78, 5) is 18.9. The van der Waals surface area contributed by atoms with E-state index in [1.165, 1.54) is 12.1 Å². The van der Waals surface area contributed by atoms with Gasteiger partial charge >= 0.3 is 5.97 Å². The third-order valence-electron chi connectivity index (χ3n) is 7.54. The third kappa shape index (κ3) is 6.44. The minimum atomic E-state index is -0.837. The van der Waals surface area contributed by atoms with Crippen LogP contribution >= 0.6 is 0 Å². The maximum atomic E-state index is 14.0. The SMILES string of the molecule is CC(C)(C)OC(=O)C1CN(Cc2ccc(-c3noc(/C=C/C4(c5ccc(F)c(F)c5)CCCCC4)n3)cc2)C1. The lowest BCUT2D eigenvalue weighted by atomic mass is 9.69. The van der Waals surface area contributed by atoms with Crippen molar-refractivity contribution in [1.82, 2.24) is 15.0 Å². The lowest BCUT2D eigenvalue weighted by molar-refractivity contribution is -0.166. The molecule has 0 spiro atoms. The molecule has 2 aromatic carbocycles. The number of esters is 1. The van der Waals surface area contributed by atoms with Crippen LogP contribution in [0.25, 0.3) is 17.5 Å². The van der Waals surface area contributed by atoms with E-state index in [4.69, 9.17) is 9.26 Å². The quantitative estimate of drug-likeness (QED) is 0.314. The summed E-state index contributed by atoms with van der Waals surface area (Å²) in [5, 5.41) is 4.14. The summed E-state index contributed by atoms with van der Waals surface area (Å²) in [6.45, 7) is 7.80. The van der Waals surface area contributed by atoms with Gasteiger partial charge in [0, 0.05) is 36.7 Å². The van der Waals surface area contributed by atoms with Crippen molar-refractivity contribution in [2.75, 3.05) is 13.1 Å². The Labute approximate surface area is 228 Å². The molecule has 6 nitrogen and oxygen atoms in total. The molecule has 1 saturated heterocycles. The van der Waals surface area contributed by atoms with Crippen LogP contribution in [0.3, 0.4) is 0 Å². The predicted octanol–water partition coefficient (Wildman–Crippen LogP) is 6.70. The number of carbonyl (C=O) groups is 1. The molecule has 2 aliphatic rings. The molecule has 0 N–H and O–H groups in total. The standard InChI is InChI=1S/C31H35F2N3O3/c1-30(2,3)38-29(37)23-19-36(20-23)18-21-7-9-22(10-8-21)28-34-27(39-35-28)13-16-31(14-5-4-6-15-31)24-11-12-25(32)26(33)17-24/h7-13,16-17,23H,4-6,14-15,18-20H2,1-3H3/b16-13+. The van der Waals surface area contributed by atoms with Gasteiger partial charge in [-0.2, -0.15) is 4.98 Å². The molecular weight excluding hydrogens is 500 g/mol. The van der Waals surface area contributed by atoms with E-state index in [9.17, 15) is 13.6 Å². The molecule has 0 atom stereocenters. The highest BCUT2D eigenvalue weighted by molar-refractivity contribution is 5.74. The van der Waals surface area contributed by atoms with Crippen LogP contribution in [-0.2, 0) is 21.5 Å². The highest BCUT2D eigenvalue weighted by Crippen LogP contribution is 2.41. The second-order valence-corrected chi connectivity index (χ2v) is 11.8. The maximum Gasteiger partial charge on any atom is 0.312 e. The molecule has 8 heteroatoms. The molecule has 0 unspecified atom stereocenters. The van der Waals surface area contributed by atoms with Gasteiger partial charge in [0.15, 0.2) is 11.6 Å². The van der Waals surface area contributed by atoms with Crippen molar-refractivity contribution in [3.05, 3.63) is 77.2 Å². The lowest BCUT2D eigenvalue weighted by Gasteiger charge is -2.38. The normalized spacial score (nSPS) is 18.3. The Hall–Kier alpha value is -3.39. The molecule has 3 aromatic rings. The average molecular weight is 536 g/mol. The molecule has 39 heavy (non-hydrogen) atoms. The maximum absolute atomic E-state index is 14.0. The smallest absolute Gasteiger partial charge is 0.312 e. The lowest BCUT2D eigenvalue weighted by Crippen LogP contribution is -2.51. The minimum Gasteiger partial charge on any atom is -0.460 e. The van der Waals surface area contributed by atoms with Gasteiger partial charge in [0.1, 0.15) is 5.60 Å². The van der Waals surface area contributed by atoms with Crippen molar-refractivity contribution in [2.24, 2.45) is 5.92 Å². The second-order valence-electron chi connectivity index (χ2n) is 11.8. The molecule has 1 saturated carbocycles. The Morgan fingerprint density at radius 3 is 2.46 bits per heavy atom. The van der Waals surface area contributed by atoms with E-state index in [1.807, 2.05) is 51.1 Å². The van der Waals surface area contributed by atoms with Crippen molar-refractivity contribution >= 4 is 12.0 Å². The Balaban J connectivity index is 1.21. The molecule has 5 rings (SSSR count). The number of allylic oxidation sites excluding steroid dienone is 1. The van der Waals surface area contributed by atoms with E-state index >= 15 is 0 Å². The van der Waals surface area contributed by atoms with E-state index in [1.54, 1.807) is 12.1 Å². The molecule has 1 aliphatic heterocycles. The van der Waals surface area contributed by atoms with E-state index in [0.29, 0.717) is 24.8 Å². The summed E-state index contributed by atoms with van der Waals surface area (Å²) in [7, 11) is 0. The number of hydrogen-bond donors (Lipinski definition) is 0. The number of benzene rings is 2. The van der Waals surface area contributed by atoms with Crippen LogP contribution in [0.1, 0.15) is 69.9 Å². The van der Waals surface area contributed by atoms with Crippen molar-refractivity contribution in [3.8, 4) is 11.4 Å². The van der Waals surface area contributed by atoms with Gasteiger partial charge in [-0.05, 0) is 56.9 Å². The number of halogens is 2. The fraction of sp³-hybridized carbons (Fsp3) is 0.452. The van der Waals surface area contributed by atoms with E-state index in [0.717, 1.165) is 55.3 Å². The summed E-state index contributed by atoms with van der Waals surface area (Å²) in [5.74, 6) is -1.00. The van der Waals surface area contributed by atoms with Crippen LogP contribution in [0.15, 0.2) is 53.1 Å². The topological polar surface area (TPSA) is 68.5 Å². The second kappa shape index (κ2) is 11.0. The zero-order valence-corrected chi connectivity index (χ0v) is 22.8. The largest absolute Gasteiger partial charge is 0.460 e. The number of ether oxygens (including phenoxy) is 1. The number of aromatic nitrogens is 2. The number of nitrogens with zero attached hydrogens (tertiary/aromatic N) is 3. The first kappa shape index (κ1) is 27.2. The molecule has 1 aliphatic carbocycles. The van der Waals surface area contributed by atoms with Crippen LogP contribution < -0.4 is 0 Å². The Kier molecular flexibility index (Phi) is 7.67. The minimum absolute atomic E-state index is 0.0656. The van der Waals surface area contributed by atoms with Crippen molar-refractivity contribution < 1.29 is 22.8 Å². The monoisotopic (exact) mass is 535 g/mol. The van der Waals surface area contributed by atoms with Gasteiger partial charge in [0.25, 0.3) is 5.89 Å². The molecule has 0 bridgehead atoms. The van der Waals surface area contributed by atoms with Gasteiger partial charge in [-0.15, -0.1) is 0 Å². The molecule has 0 radical (unpaired) electrons. The summed E-state index contributed by atoms with van der Waals surface area (Å²) >= 11 is 0. The van der Waals surface area contributed by atoms with Crippen LogP contribution in [0.2, 0.25) is 0 Å². The highest BCUT2D eigenvalue weighted by atomic mass is 19.2. The molecule has 0 amide bonds. The van der Waals surface area contributed by atoms with Crippen LogP contribution in [0.5, 0.6) is 0 Å². The summed E-state index contributed by atoms with van der Waals surface area (Å²) in [6.07, 6.45) is 8.67. The Morgan fingerprint density at radius 1 is 1.08 bits per heavy atom. The molecule has 1 aromatic heterocycles. The van der Waals surface area contributed by atoms with Gasteiger partial charge in [0.2, 0.25) is 5.82 Å². The first-order valence-electron chi connectivity index (χ1n) is 13.6. The van der Waals surface area contributed by atoms with E-state index in [2.05, 4.69) is 15.0 Å². The predicted molar refractivity (Wildman–Crippen MR) is 145 cm³/mol. The Bertz CT molecular complexity index is 1330. The summed E-state index contributed by atoms with van der Waals surface area (Å²) in [5.41, 5.74) is 1.90. The van der Waals surface area contributed by atoms with Gasteiger partial charge < -0.3 is 9.26 Å². The number of likely N-dealkylation sites (tertiary alicyclic amines) is 1. The molecule has 206 valence electrons. The molecule has 2 fully saturated rings. The summed E-state index contributed by atoms with van der Waals surface area (Å²) < 4.78 is 38.5. The number of carbonyl (C=O) groups excluding carboxylic acids is 1. The van der Waals surface area contributed by atoms with E-state index < -0.39 is 17.2 Å². The number of hydrogen-bond acceptors (Lipinski definition) is 6. The first-order chi connectivity index (χ1) is 18.6. The van der Waals surface area contributed by atoms with Crippen molar-refractivity contribution in [3.63, 3.8) is 0 Å². The molecular formula is C31H35F2N3O3. The van der Waals surface area contributed by atoms with E-state index in [-0.39, 0.29) is 17.3 Å².